The van der Waals surface area contributed by atoms with Gasteiger partial charge in [0.1, 0.15) is 5.75 Å². The van der Waals surface area contributed by atoms with Crippen LogP contribution in [-0.2, 0) is 4.74 Å². The lowest BCUT2D eigenvalue weighted by Crippen LogP contribution is -2.20. The third-order valence-corrected chi connectivity index (χ3v) is 3.58. The number of rotatable bonds is 7. The summed E-state index contributed by atoms with van der Waals surface area (Å²) in [6, 6.07) is 8.65. The van der Waals surface area contributed by atoms with E-state index in [9.17, 15) is 0 Å². The van der Waals surface area contributed by atoms with Crippen molar-refractivity contribution in [2.24, 2.45) is 5.92 Å². The average molecular weight is 263 g/mol. The fourth-order valence-electron chi connectivity index (χ4n) is 2.36. The first kappa shape index (κ1) is 14.4. The molecule has 2 unspecified atom stereocenters. The van der Waals surface area contributed by atoms with Gasteiger partial charge in [-0.2, -0.15) is 0 Å². The number of para-hydroxylation sites is 1. The summed E-state index contributed by atoms with van der Waals surface area (Å²) >= 11 is 0. The largest absolute Gasteiger partial charge is 0.493 e. The quantitative estimate of drug-likeness (QED) is 0.819. The van der Waals surface area contributed by atoms with Crippen molar-refractivity contribution in [1.82, 2.24) is 5.32 Å². The topological polar surface area (TPSA) is 30.5 Å². The smallest absolute Gasteiger partial charge is 0.124 e. The van der Waals surface area contributed by atoms with Crippen LogP contribution < -0.4 is 10.1 Å². The van der Waals surface area contributed by atoms with Crippen LogP contribution in [0.4, 0.5) is 0 Å². The Kier molecular flexibility index (Phi) is 5.67. The van der Waals surface area contributed by atoms with Crippen LogP contribution in [0, 0.1) is 5.92 Å². The zero-order valence-corrected chi connectivity index (χ0v) is 12.0. The zero-order chi connectivity index (χ0) is 13.5. The summed E-state index contributed by atoms with van der Waals surface area (Å²) in [4.78, 5) is 0. The lowest BCUT2D eigenvalue weighted by Gasteiger charge is -2.19. The molecule has 3 heteroatoms. The van der Waals surface area contributed by atoms with Gasteiger partial charge in [0, 0.05) is 24.1 Å². The number of benzene rings is 1. The molecule has 1 heterocycles. The van der Waals surface area contributed by atoms with Crippen molar-refractivity contribution in [3.8, 4) is 5.75 Å². The molecular weight excluding hydrogens is 238 g/mol. The summed E-state index contributed by atoms with van der Waals surface area (Å²) in [5, 5.41) is 3.51. The van der Waals surface area contributed by atoms with E-state index in [1.165, 1.54) is 5.56 Å². The second-order valence-electron chi connectivity index (χ2n) is 5.25. The molecule has 1 fully saturated rings. The van der Waals surface area contributed by atoms with Crippen molar-refractivity contribution < 1.29 is 9.47 Å². The standard InChI is InChI=1S/C16H25NO2/c1-3-9-17-13(2)15-6-4-5-7-16(15)19-12-14-8-10-18-11-14/h4-7,13-14,17H,3,8-12H2,1-2H3. The van der Waals surface area contributed by atoms with Gasteiger partial charge in [0.25, 0.3) is 0 Å². The first-order valence-corrected chi connectivity index (χ1v) is 7.34. The molecule has 1 aliphatic rings. The Morgan fingerprint density at radius 3 is 3.00 bits per heavy atom. The minimum atomic E-state index is 0.330. The predicted octanol–water partition coefficient (Wildman–Crippen LogP) is 3.16. The number of ether oxygens (including phenoxy) is 2. The monoisotopic (exact) mass is 263 g/mol. The second-order valence-corrected chi connectivity index (χ2v) is 5.25. The molecule has 1 aliphatic heterocycles. The van der Waals surface area contributed by atoms with Gasteiger partial charge in [0.2, 0.25) is 0 Å². The van der Waals surface area contributed by atoms with Gasteiger partial charge in [0.15, 0.2) is 0 Å². The summed E-state index contributed by atoms with van der Waals surface area (Å²) in [6.45, 7) is 7.89. The molecule has 1 aromatic carbocycles. The highest BCUT2D eigenvalue weighted by molar-refractivity contribution is 5.35. The van der Waals surface area contributed by atoms with Crippen LogP contribution in [-0.4, -0.2) is 26.4 Å². The molecule has 19 heavy (non-hydrogen) atoms. The lowest BCUT2D eigenvalue weighted by atomic mass is 10.1. The SMILES string of the molecule is CCCNC(C)c1ccccc1OCC1CCOC1. The van der Waals surface area contributed by atoms with Crippen LogP contribution >= 0.6 is 0 Å². The molecule has 3 nitrogen and oxygen atoms in total. The third-order valence-electron chi connectivity index (χ3n) is 3.58. The fourth-order valence-corrected chi connectivity index (χ4v) is 2.36. The van der Waals surface area contributed by atoms with E-state index in [2.05, 4.69) is 37.4 Å². The maximum absolute atomic E-state index is 6.00. The molecule has 0 aliphatic carbocycles. The molecule has 0 saturated carbocycles. The minimum Gasteiger partial charge on any atom is -0.493 e. The molecule has 2 atom stereocenters. The van der Waals surface area contributed by atoms with Gasteiger partial charge >= 0.3 is 0 Å². The molecule has 1 aromatic rings. The van der Waals surface area contributed by atoms with E-state index in [4.69, 9.17) is 9.47 Å². The molecule has 0 aromatic heterocycles. The van der Waals surface area contributed by atoms with Crippen molar-refractivity contribution in [2.45, 2.75) is 32.7 Å². The Bertz CT molecular complexity index is 375. The molecular formula is C16H25NO2. The molecule has 0 bridgehead atoms. The molecule has 2 rings (SSSR count). The number of hydrogen-bond donors (Lipinski definition) is 1. The van der Waals surface area contributed by atoms with E-state index in [0.29, 0.717) is 12.0 Å². The molecule has 0 radical (unpaired) electrons. The first-order chi connectivity index (χ1) is 9.31. The summed E-state index contributed by atoms with van der Waals surface area (Å²) in [5.74, 6) is 1.55. The predicted molar refractivity (Wildman–Crippen MR) is 77.6 cm³/mol. The summed E-state index contributed by atoms with van der Waals surface area (Å²) in [6.07, 6.45) is 2.26. The highest BCUT2D eigenvalue weighted by atomic mass is 16.5. The summed E-state index contributed by atoms with van der Waals surface area (Å²) in [5.41, 5.74) is 1.25. The van der Waals surface area contributed by atoms with E-state index in [0.717, 1.165) is 45.0 Å². The molecule has 1 N–H and O–H groups in total. The van der Waals surface area contributed by atoms with E-state index in [-0.39, 0.29) is 0 Å². The van der Waals surface area contributed by atoms with Crippen LogP contribution in [0.25, 0.3) is 0 Å². The van der Waals surface area contributed by atoms with Crippen LogP contribution in [0.1, 0.15) is 38.3 Å². The van der Waals surface area contributed by atoms with Crippen molar-refractivity contribution in [3.63, 3.8) is 0 Å². The highest BCUT2D eigenvalue weighted by Crippen LogP contribution is 2.26. The average Bonchev–Trinajstić information content (AvgIpc) is 2.96. The van der Waals surface area contributed by atoms with Crippen LogP contribution in [0.15, 0.2) is 24.3 Å². The summed E-state index contributed by atoms with van der Waals surface area (Å²) in [7, 11) is 0. The second kappa shape index (κ2) is 7.51. The maximum Gasteiger partial charge on any atom is 0.124 e. The van der Waals surface area contributed by atoms with Gasteiger partial charge in [-0.15, -0.1) is 0 Å². The van der Waals surface area contributed by atoms with E-state index >= 15 is 0 Å². The van der Waals surface area contributed by atoms with Crippen LogP contribution in [0.3, 0.4) is 0 Å². The Morgan fingerprint density at radius 2 is 2.26 bits per heavy atom. The minimum absolute atomic E-state index is 0.330. The number of nitrogens with one attached hydrogen (secondary N) is 1. The van der Waals surface area contributed by atoms with Crippen molar-refractivity contribution in [2.75, 3.05) is 26.4 Å². The van der Waals surface area contributed by atoms with E-state index in [1.54, 1.807) is 0 Å². The third kappa shape index (κ3) is 4.22. The number of hydrogen-bond acceptors (Lipinski definition) is 3. The Morgan fingerprint density at radius 1 is 1.42 bits per heavy atom. The Hall–Kier alpha value is -1.06. The molecule has 106 valence electrons. The fraction of sp³-hybridized carbons (Fsp3) is 0.625. The zero-order valence-electron chi connectivity index (χ0n) is 12.0. The highest BCUT2D eigenvalue weighted by Gasteiger charge is 2.17. The maximum atomic E-state index is 6.00. The van der Waals surface area contributed by atoms with Gasteiger partial charge in [-0.3, -0.25) is 0 Å². The van der Waals surface area contributed by atoms with Crippen molar-refractivity contribution >= 4 is 0 Å². The lowest BCUT2D eigenvalue weighted by molar-refractivity contribution is 0.166. The van der Waals surface area contributed by atoms with Crippen LogP contribution in [0.2, 0.25) is 0 Å². The van der Waals surface area contributed by atoms with Crippen molar-refractivity contribution in [3.05, 3.63) is 29.8 Å². The normalized spacial score (nSPS) is 20.4. The Balaban J connectivity index is 1.94. The summed E-state index contributed by atoms with van der Waals surface area (Å²) < 4.78 is 11.4. The Labute approximate surface area is 116 Å². The van der Waals surface area contributed by atoms with Crippen LogP contribution in [0.5, 0.6) is 5.75 Å². The van der Waals surface area contributed by atoms with Gasteiger partial charge in [0.05, 0.1) is 13.2 Å². The van der Waals surface area contributed by atoms with E-state index < -0.39 is 0 Å². The van der Waals surface area contributed by atoms with Crippen molar-refractivity contribution in [1.29, 1.82) is 0 Å². The van der Waals surface area contributed by atoms with E-state index in [1.807, 2.05) is 6.07 Å². The van der Waals surface area contributed by atoms with Gasteiger partial charge in [-0.1, -0.05) is 25.1 Å². The van der Waals surface area contributed by atoms with Gasteiger partial charge < -0.3 is 14.8 Å². The molecule has 0 spiro atoms. The molecule has 0 amide bonds. The van der Waals surface area contributed by atoms with Gasteiger partial charge in [-0.05, 0) is 32.4 Å². The first-order valence-electron chi connectivity index (χ1n) is 7.34. The molecule has 1 saturated heterocycles. The van der Waals surface area contributed by atoms with Gasteiger partial charge in [-0.25, -0.2) is 0 Å².